The van der Waals surface area contributed by atoms with Gasteiger partial charge in [-0.1, -0.05) is 6.07 Å². The van der Waals surface area contributed by atoms with Gasteiger partial charge in [0.1, 0.15) is 29.4 Å². The molecule has 0 saturated carbocycles. The van der Waals surface area contributed by atoms with E-state index in [2.05, 4.69) is 19.8 Å². The molecule has 1 fully saturated rings. The number of hydrogen-bond acceptors (Lipinski definition) is 7. The van der Waals surface area contributed by atoms with E-state index < -0.39 is 23.6 Å². The van der Waals surface area contributed by atoms with Crippen molar-refractivity contribution in [2.75, 3.05) is 29.9 Å². The maximum atomic E-state index is 13.4. The van der Waals surface area contributed by atoms with E-state index in [1.165, 1.54) is 12.1 Å². The summed E-state index contributed by atoms with van der Waals surface area (Å²) in [4.78, 5) is 30.9. The molecule has 11 heteroatoms. The van der Waals surface area contributed by atoms with E-state index in [0.717, 1.165) is 0 Å². The zero-order valence-corrected chi connectivity index (χ0v) is 17.6. The summed E-state index contributed by atoms with van der Waals surface area (Å²) in [5, 5.41) is 12.0. The maximum Gasteiger partial charge on any atom is 0.586 e. The van der Waals surface area contributed by atoms with Gasteiger partial charge in [-0.25, -0.2) is 4.98 Å². The number of nitrogens with zero attached hydrogens (tertiary/aromatic N) is 2. The SMILES string of the molecule is CC1(C(=O)Nc2cccc(N3CCC(C(=O)O)CC3)n2)COc2cc3c(cc21)OC(F)(F)O3. The normalized spacial score (nSPS) is 23.1. The second-order valence-electron chi connectivity index (χ2n) is 8.52. The van der Waals surface area contributed by atoms with Crippen LogP contribution in [0.1, 0.15) is 25.3 Å². The summed E-state index contributed by atoms with van der Waals surface area (Å²) in [5.41, 5.74) is -0.754. The van der Waals surface area contributed by atoms with Gasteiger partial charge in [0, 0.05) is 24.7 Å². The molecule has 174 valence electrons. The highest BCUT2D eigenvalue weighted by Gasteiger charge is 2.49. The van der Waals surface area contributed by atoms with E-state index in [4.69, 9.17) is 9.84 Å². The average molecular weight is 461 g/mol. The minimum Gasteiger partial charge on any atom is -0.492 e. The quantitative estimate of drug-likeness (QED) is 0.715. The number of aliphatic carboxylic acids is 1. The Hall–Kier alpha value is -3.63. The summed E-state index contributed by atoms with van der Waals surface area (Å²) in [5.74, 6) is -0.644. The first-order valence-corrected chi connectivity index (χ1v) is 10.5. The Morgan fingerprint density at radius 1 is 1.15 bits per heavy atom. The Morgan fingerprint density at radius 2 is 1.85 bits per heavy atom. The fraction of sp³-hybridized carbons (Fsp3) is 0.409. The monoisotopic (exact) mass is 461 g/mol. The highest BCUT2D eigenvalue weighted by Crippen LogP contribution is 2.50. The first-order chi connectivity index (χ1) is 15.6. The van der Waals surface area contributed by atoms with Crippen LogP contribution in [0.15, 0.2) is 30.3 Å². The fourth-order valence-corrected chi connectivity index (χ4v) is 4.29. The molecular weight excluding hydrogens is 440 g/mol. The van der Waals surface area contributed by atoms with Crippen molar-refractivity contribution < 1.29 is 37.7 Å². The summed E-state index contributed by atoms with van der Waals surface area (Å²) in [6.45, 7) is 2.76. The Bertz CT molecular complexity index is 1140. The molecule has 1 aromatic heterocycles. The number of ether oxygens (including phenoxy) is 3. The molecule has 1 saturated heterocycles. The third-order valence-corrected chi connectivity index (χ3v) is 6.26. The van der Waals surface area contributed by atoms with Crippen LogP contribution in [-0.2, 0) is 15.0 Å². The number of carbonyl (C=O) groups is 2. The van der Waals surface area contributed by atoms with Gasteiger partial charge < -0.3 is 29.5 Å². The number of benzene rings is 1. The summed E-state index contributed by atoms with van der Waals surface area (Å²) in [6, 6.07) is 7.83. The number of halogens is 2. The summed E-state index contributed by atoms with van der Waals surface area (Å²) in [6.07, 6.45) is -2.72. The average Bonchev–Trinajstić information content (AvgIpc) is 3.27. The molecule has 0 spiro atoms. The largest absolute Gasteiger partial charge is 0.586 e. The number of piperidine rings is 1. The maximum absolute atomic E-state index is 13.4. The topological polar surface area (TPSA) is 110 Å². The standard InChI is InChI=1S/C22H21F2N3O6/c1-21(11-31-14-10-16-15(9-13(14)21)32-22(23,24)33-16)20(30)26-17-3-2-4-18(25-17)27-7-5-12(6-8-27)19(28)29/h2-4,9-10,12H,5-8,11H2,1H3,(H,28,29)(H,25,26,30). The van der Waals surface area contributed by atoms with Crippen molar-refractivity contribution in [2.24, 2.45) is 5.92 Å². The lowest BCUT2D eigenvalue weighted by molar-refractivity contribution is -0.286. The molecule has 0 radical (unpaired) electrons. The number of alkyl halides is 2. The number of hydrogen-bond donors (Lipinski definition) is 2. The predicted octanol–water partition coefficient (Wildman–Crippen LogP) is 2.99. The van der Waals surface area contributed by atoms with Crippen LogP contribution in [-0.4, -0.2) is 48.0 Å². The van der Waals surface area contributed by atoms with Crippen LogP contribution >= 0.6 is 0 Å². The Morgan fingerprint density at radius 3 is 2.55 bits per heavy atom. The number of carboxylic acids is 1. The Labute approximate surface area is 187 Å². The molecular formula is C22H21F2N3O6. The highest BCUT2D eigenvalue weighted by molar-refractivity contribution is 5.99. The van der Waals surface area contributed by atoms with Crippen LogP contribution in [0.5, 0.6) is 17.2 Å². The van der Waals surface area contributed by atoms with Crippen molar-refractivity contribution in [1.29, 1.82) is 0 Å². The number of carbonyl (C=O) groups excluding carboxylic acids is 1. The molecule has 3 aliphatic rings. The van der Waals surface area contributed by atoms with E-state index in [9.17, 15) is 18.4 Å². The number of anilines is 2. The molecule has 33 heavy (non-hydrogen) atoms. The van der Waals surface area contributed by atoms with Gasteiger partial charge in [0.05, 0.1) is 5.92 Å². The van der Waals surface area contributed by atoms with Crippen LogP contribution in [0.25, 0.3) is 0 Å². The molecule has 9 nitrogen and oxygen atoms in total. The van der Waals surface area contributed by atoms with E-state index in [-0.39, 0.29) is 29.8 Å². The molecule has 0 aliphatic carbocycles. The van der Waals surface area contributed by atoms with Crippen molar-refractivity contribution in [3.63, 3.8) is 0 Å². The van der Waals surface area contributed by atoms with Gasteiger partial charge in [-0.05, 0) is 38.0 Å². The number of fused-ring (bicyclic) bond motifs is 2. The van der Waals surface area contributed by atoms with E-state index in [1.54, 1.807) is 25.1 Å². The molecule has 5 rings (SSSR count). The zero-order chi connectivity index (χ0) is 23.4. The zero-order valence-electron chi connectivity index (χ0n) is 17.6. The van der Waals surface area contributed by atoms with Crippen LogP contribution < -0.4 is 24.4 Å². The molecule has 1 amide bonds. The van der Waals surface area contributed by atoms with Crippen LogP contribution in [0, 0.1) is 5.92 Å². The van der Waals surface area contributed by atoms with Crippen molar-refractivity contribution in [1.82, 2.24) is 4.98 Å². The Kier molecular flexibility index (Phi) is 4.80. The second-order valence-corrected chi connectivity index (χ2v) is 8.52. The lowest BCUT2D eigenvalue weighted by Crippen LogP contribution is -2.39. The molecule has 2 N–H and O–H groups in total. The fourth-order valence-electron chi connectivity index (χ4n) is 4.29. The number of aromatic nitrogens is 1. The van der Waals surface area contributed by atoms with Crippen molar-refractivity contribution in [3.8, 4) is 17.2 Å². The highest BCUT2D eigenvalue weighted by atomic mass is 19.3. The van der Waals surface area contributed by atoms with Crippen LogP contribution in [0.4, 0.5) is 20.4 Å². The lowest BCUT2D eigenvalue weighted by Gasteiger charge is -2.31. The minimum atomic E-state index is -3.76. The van der Waals surface area contributed by atoms with Gasteiger partial charge in [0.25, 0.3) is 0 Å². The van der Waals surface area contributed by atoms with E-state index >= 15 is 0 Å². The molecule has 1 atom stereocenters. The molecule has 2 aromatic rings. The lowest BCUT2D eigenvalue weighted by atomic mass is 9.83. The smallest absolute Gasteiger partial charge is 0.492 e. The van der Waals surface area contributed by atoms with Gasteiger partial charge >= 0.3 is 12.3 Å². The summed E-state index contributed by atoms with van der Waals surface area (Å²) >= 11 is 0. The van der Waals surface area contributed by atoms with Crippen LogP contribution in [0.3, 0.4) is 0 Å². The number of amides is 1. The Balaban J connectivity index is 1.32. The van der Waals surface area contributed by atoms with E-state index in [1.807, 2.05) is 4.90 Å². The predicted molar refractivity (Wildman–Crippen MR) is 111 cm³/mol. The number of rotatable bonds is 4. The van der Waals surface area contributed by atoms with Gasteiger partial charge in [0.15, 0.2) is 11.5 Å². The molecule has 1 aromatic carbocycles. The molecule has 1 unspecified atom stereocenters. The summed E-state index contributed by atoms with van der Waals surface area (Å²) in [7, 11) is 0. The number of nitrogens with one attached hydrogen (secondary N) is 1. The first-order valence-electron chi connectivity index (χ1n) is 10.5. The van der Waals surface area contributed by atoms with Crippen LogP contribution in [0.2, 0.25) is 0 Å². The first kappa shape index (κ1) is 21.2. The van der Waals surface area contributed by atoms with Gasteiger partial charge in [0.2, 0.25) is 5.91 Å². The molecule has 3 aliphatic heterocycles. The summed E-state index contributed by atoms with van der Waals surface area (Å²) < 4.78 is 41.4. The third kappa shape index (κ3) is 3.77. The van der Waals surface area contributed by atoms with E-state index in [0.29, 0.717) is 43.1 Å². The van der Waals surface area contributed by atoms with Crippen molar-refractivity contribution in [2.45, 2.75) is 31.5 Å². The van der Waals surface area contributed by atoms with Gasteiger partial charge in [-0.15, -0.1) is 8.78 Å². The third-order valence-electron chi connectivity index (χ3n) is 6.26. The number of carboxylic acid groups (broad SMARTS) is 1. The minimum absolute atomic E-state index is 0.00977. The van der Waals surface area contributed by atoms with Gasteiger partial charge in [-0.3, -0.25) is 9.59 Å². The molecule has 0 bridgehead atoms. The van der Waals surface area contributed by atoms with Crippen molar-refractivity contribution in [3.05, 3.63) is 35.9 Å². The van der Waals surface area contributed by atoms with Crippen molar-refractivity contribution >= 4 is 23.5 Å². The molecule has 4 heterocycles. The second kappa shape index (κ2) is 7.46. The number of pyridine rings is 1. The van der Waals surface area contributed by atoms with Gasteiger partial charge in [-0.2, -0.15) is 0 Å².